The zero-order valence-corrected chi connectivity index (χ0v) is 16.6. The van der Waals surface area contributed by atoms with Gasteiger partial charge in [0.1, 0.15) is 0 Å². The Bertz CT molecular complexity index is 1200. The van der Waals surface area contributed by atoms with Gasteiger partial charge in [0.2, 0.25) is 5.95 Å². The minimum Gasteiger partial charge on any atom is -0.399 e. The summed E-state index contributed by atoms with van der Waals surface area (Å²) in [6.45, 7) is 0.640. The van der Waals surface area contributed by atoms with Crippen molar-refractivity contribution in [1.29, 1.82) is 0 Å². The summed E-state index contributed by atoms with van der Waals surface area (Å²) in [6.07, 6.45) is -2.76. The predicted molar refractivity (Wildman–Crippen MR) is 113 cm³/mol. The molecule has 0 atom stereocenters. The Labute approximate surface area is 176 Å². The van der Waals surface area contributed by atoms with Crippen molar-refractivity contribution < 1.29 is 13.2 Å². The molecule has 4 rings (SSSR count). The molecule has 0 saturated heterocycles. The first kappa shape index (κ1) is 20.5. The molecule has 10 heteroatoms. The molecule has 160 valence electrons. The molecular formula is C21H20F3N7. The highest BCUT2D eigenvalue weighted by Gasteiger charge is 2.30. The van der Waals surface area contributed by atoms with E-state index in [1.165, 1.54) is 6.07 Å². The zero-order chi connectivity index (χ0) is 22.0. The zero-order valence-electron chi connectivity index (χ0n) is 16.6. The first-order valence-electron chi connectivity index (χ1n) is 9.47. The second-order valence-corrected chi connectivity index (χ2v) is 7.07. The Morgan fingerprint density at radius 2 is 1.71 bits per heavy atom. The van der Waals surface area contributed by atoms with Crippen LogP contribution in [0.2, 0.25) is 0 Å². The number of aryl methyl sites for hydroxylation is 1. The maximum absolute atomic E-state index is 12.9. The summed E-state index contributed by atoms with van der Waals surface area (Å²) in [4.78, 5) is 13.3. The summed E-state index contributed by atoms with van der Waals surface area (Å²) in [7, 11) is 1.81. The van der Waals surface area contributed by atoms with Gasteiger partial charge in [-0.2, -0.15) is 23.1 Å². The van der Waals surface area contributed by atoms with Crippen molar-refractivity contribution in [2.45, 2.75) is 19.3 Å². The summed E-state index contributed by atoms with van der Waals surface area (Å²) >= 11 is 0. The molecule has 2 aromatic heterocycles. The van der Waals surface area contributed by atoms with Crippen LogP contribution < -0.4 is 16.4 Å². The Hall–Kier alpha value is -3.82. The van der Waals surface area contributed by atoms with Gasteiger partial charge in [-0.25, -0.2) is 4.98 Å². The van der Waals surface area contributed by atoms with Crippen LogP contribution >= 0.6 is 0 Å². The highest BCUT2D eigenvalue weighted by molar-refractivity contribution is 5.84. The molecule has 0 unspecified atom stereocenters. The molecule has 4 N–H and O–H groups in total. The minimum absolute atomic E-state index is 0.144. The Morgan fingerprint density at radius 3 is 2.45 bits per heavy atom. The van der Waals surface area contributed by atoms with Crippen LogP contribution in [-0.2, 0) is 26.3 Å². The average Bonchev–Trinajstić information content (AvgIpc) is 3.12. The molecule has 0 saturated carbocycles. The fourth-order valence-corrected chi connectivity index (χ4v) is 3.07. The maximum atomic E-state index is 12.9. The number of nitrogens with two attached hydrogens (primary N) is 1. The van der Waals surface area contributed by atoms with Crippen molar-refractivity contribution in [3.05, 3.63) is 71.5 Å². The third-order valence-electron chi connectivity index (χ3n) is 4.70. The smallest absolute Gasteiger partial charge is 0.399 e. The van der Waals surface area contributed by atoms with Gasteiger partial charge >= 0.3 is 6.18 Å². The monoisotopic (exact) mass is 427 g/mol. The van der Waals surface area contributed by atoms with E-state index in [0.29, 0.717) is 34.8 Å². The molecule has 31 heavy (non-hydrogen) atoms. The number of nitrogens with one attached hydrogen (secondary N) is 2. The average molecular weight is 427 g/mol. The van der Waals surface area contributed by atoms with Gasteiger partial charge in [-0.3, -0.25) is 0 Å². The van der Waals surface area contributed by atoms with Crippen LogP contribution in [0.3, 0.4) is 0 Å². The van der Waals surface area contributed by atoms with Gasteiger partial charge in [-0.05, 0) is 35.4 Å². The van der Waals surface area contributed by atoms with E-state index >= 15 is 0 Å². The van der Waals surface area contributed by atoms with E-state index in [-0.39, 0.29) is 12.5 Å². The summed E-state index contributed by atoms with van der Waals surface area (Å²) in [5.74, 6) is 0.808. The second kappa shape index (κ2) is 8.13. The highest BCUT2D eigenvalue weighted by Crippen LogP contribution is 2.29. The van der Waals surface area contributed by atoms with Crippen molar-refractivity contribution in [1.82, 2.24) is 19.5 Å². The van der Waals surface area contributed by atoms with Gasteiger partial charge < -0.3 is 20.9 Å². The van der Waals surface area contributed by atoms with E-state index in [4.69, 9.17) is 5.73 Å². The lowest BCUT2D eigenvalue weighted by Gasteiger charge is -2.12. The van der Waals surface area contributed by atoms with E-state index in [2.05, 4.69) is 25.6 Å². The lowest BCUT2D eigenvalue weighted by Crippen LogP contribution is -2.10. The van der Waals surface area contributed by atoms with E-state index < -0.39 is 11.7 Å². The van der Waals surface area contributed by atoms with Crippen molar-refractivity contribution >= 4 is 28.6 Å². The molecule has 0 aliphatic rings. The van der Waals surface area contributed by atoms with E-state index in [1.807, 2.05) is 31.3 Å². The Kier molecular flexibility index (Phi) is 5.37. The van der Waals surface area contributed by atoms with E-state index in [0.717, 1.165) is 17.7 Å². The summed E-state index contributed by atoms with van der Waals surface area (Å²) < 4.78 is 40.6. The fraction of sp³-hybridized carbons (Fsp3) is 0.190. The number of rotatable bonds is 6. The molecule has 0 bridgehead atoms. The molecule has 2 aromatic carbocycles. The summed E-state index contributed by atoms with van der Waals surface area (Å²) in [5, 5.41) is 6.26. The molecule has 4 aromatic rings. The van der Waals surface area contributed by atoms with Gasteiger partial charge in [-0.15, -0.1) is 0 Å². The molecular weight excluding hydrogens is 407 g/mol. The number of alkyl halides is 3. The van der Waals surface area contributed by atoms with Crippen LogP contribution in [0, 0.1) is 0 Å². The van der Waals surface area contributed by atoms with E-state index in [9.17, 15) is 13.2 Å². The van der Waals surface area contributed by atoms with Crippen molar-refractivity contribution in [3.8, 4) is 0 Å². The number of imidazole rings is 1. The first-order valence-corrected chi connectivity index (χ1v) is 9.47. The van der Waals surface area contributed by atoms with Crippen LogP contribution in [0.1, 0.15) is 16.7 Å². The van der Waals surface area contributed by atoms with Crippen molar-refractivity contribution in [3.63, 3.8) is 0 Å². The SMILES string of the molecule is Cn1cnc2c(NCc3ccc(N)cc3)nc(NCc3cccc(C(F)(F)F)c3)nc21. The number of aromatic nitrogens is 4. The fourth-order valence-electron chi connectivity index (χ4n) is 3.07. The van der Waals surface area contributed by atoms with Gasteiger partial charge in [0.05, 0.1) is 11.9 Å². The minimum atomic E-state index is -4.39. The van der Waals surface area contributed by atoms with Crippen LogP contribution in [-0.4, -0.2) is 19.5 Å². The first-order chi connectivity index (χ1) is 14.8. The molecule has 0 spiro atoms. The number of fused-ring (bicyclic) bond motifs is 1. The van der Waals surface area contributed by atoms with Gasteiger partial charge in [0.15, 0.2) is 17.0 Å². The third kappa shape index (κ3) is 4.68. The predicted octanol–water partition coefficient (Wildman–Crippen LogP) is 4.19. The maximum Gasteiger partial charge on any atom is 0.416 e. The lowest BCUT2D eigenvalue weighted by molar-refractivity contribution is -0.137. The number of anilines is 3. The topological polar surface area (TPSA) is 93.7 Å². The van der Waals surface area contributed by atoms with Crippen LogP contribution in [0.4, 0.5) is 30.6 Å². The lowest BCUT2D eigenvalue weighted by atomic mass is 10.1. The summed E-state index contributed by atoms with van der Waals surface area (Å²) in [6, 6.07) is 12.6. The molecule has 0 aliphatic carbocycles. The normalized spacial score (nSPS) is 11.6. The largest absolute Gasteiger partial charge is 0.416 e. The number of hydrogen-bond acceptors (Lipinski definition) is 6. The Balaban J connectivity index is 1.55. The number of nitrogen functional groups attached to an aromatic ring is 1. The number of halogens is 3. The quantitative estimate of drug-likeness (QED) is 0.400. The van der Waals surface area contributed by atoms with Crippen LogP contribution in [0.5, 0.6) is 0 Å². The van der Waals surface area contributed by atoms with Crippen LogP contribution in [0.25, 0.3) is 11.2 Å². The standard InChI is InChI=1S/C21H20F3N7/c1-31-12-28-17-18(26-10-13-5-7-16(25)8-6-13)29-20(30-19(17)31)27-11-14-3-2-4-15(9-14)21(22,23)24/h2-9,12H,10-11,25H2,1H3,(H2,26,27,29,30). The second-order valence-electron chi connectivity index (χ2n) is 7.07. The van der Waals surface area contributed by atoms with Crippen LogP contribution in [0.15, 0.2) is 54.9 Å². The molecule has 0 radical (unpaired) electrons. The van der Waals surface area contributed by atoms with Crippen molar-refractivity contribution in [2.75, 3.05) is 16.4 Å². The van der Waals surface area contributed by atoms with Gasteiger partial charge in [0.25, 0.3) is 0 Å². The highest BCUT2D eigenvalue weighted by atomic mass is 19.4. The molecule has 2 heterocycles. The molecule has 7 nitrogen and oxygen atoms in total. The summed E-state index contributed by atoms with van der Waals surface area (Å²) in [5.41, 5.74) is 8.39. The van der Waals surface area contributed by atoms with Gasteiger partial charge in [-0.1, -0.05) is 24.3 Å². The third-order valence-corrected chi connectivity index (χ3v) is 4.70. The number of benzene rings is 2. The number of hydrogen-bond donors (Lipinski definition) is 3. The van der Waals surface area contributed by atoms with Crippen molar-refractivity contribution in [2.24, 2.45) is 7.05 Å². The number of nitrogens with zero attached hydrogens (tertiary/aromatic N) is 4. The Morgan fingerprint density at radius 1 is 0.968 bits per heavy atom. The van der Waals surface area contributed by atoms with E-state index in [1.54, 1.807) is 17.0 Å². The molecule has 0 aliphatic heterocycles. The van der Waals surface area contributed by atoms with Gasteiger partial charge in [0, 0.05) is 25.8 Å². The molecule has 0 amide bonds. The molecule has 0 fully saturated rings.